The predicted octanol–water partition coefficient (Wildman–Crippen LogP) is 4.80. The average molecular weight is 415 g/mol. The minimum Gasteiger partial charge on any atom is -0.493 e. The molecule has 3 aromatic rings. The number of carbonyl (C=O) groups is 1. The molecule has 0 amide bonds. The molecule has 1 aliphatic heterocycles. The van der Waals surface area contributed by atoms with E-state index in [1.54, 1.807) is 30.3 Å². The molecule has 1 atom stereocenters. The number of nitro benzene ring substituents is 1. The highest BCUT2D eigenvalue weighted by molar-refractivity contribution is 6.39. The number of fused-ring (bicyclic) bond motifs is 4. The van der Waals surface area contributed by atoms with Gasteiger partial charge in [-0.25, -0.2) is 0 Å². The number of nitrogens with zero attached hydrogens (tertiary/aromatic N) is 1. The van der Waals surface area contributed by atoms with Crippen molar-refractivity contribution in [1.29, 1.82) is 0 Å². The maximum atomic E-state index is 13.2. The van der Waals surface area contributed by atoms with Crippen LogP contribution < -0.4 is 9.47 Å². The van der Waals surface area contributed by atoms with Crippen LogP contribution in [0.3, 0.4) is 0 Å². The normalized spacial score (nSPS) is 16.2. The van der Waals surface area contributed by atoms with Gasteiger partial charge >= 0.3 is 0 Å². The van der Waals surface area contributed by atoms with Crippen molar-refractivity contribution in [2.24, 2.45) is 0 Å². The zero-order chi connectivity index (χ0) is 21.7. The second-order valence-electron chi connectivity index (χ2n) is 7.22. The van der Waals surface area contributed by atoms with E-state index in [-0.39, 0.29) is 11.5 Å². The van der Waals surface area contributed by atoms with Crippen molar-refractivity contribution in [3.63, 3.8) is 0 Å². The van der Waals surface area contributed by atoms with Gasteiger partial charge in [0.1, 0.15) is 11.9 Å². The first-order valence-electron chi connectivity index (χ1n) is 9.59. The zero-order valence-electron chi connectivity index (χ0n) is 16.7. The first-order chi connectivity index (χ1) is 15.0. The second-order valence-corrected chi connectivity index (χ2v) is 7.22. The maximum Gasteiger partial charge on any atom is 0.269 e. The van der Waals surface area contributed by atoms with E-state index in [0.717, 1.165) is 16.7 Å². The van der Waals surface area contributed by atoms with Crippen LogP contribution in [-0.4, -0.2) is 24.9 Å². The largest absolute Gasteiger partial charge is 0.493 e. The standard InChI is InChI=1S/C24H17NO6/c1-29-19-11-17-18(12-20(19)30-2)23(13-7-9-14(10-8-13)25(27)28)31-24-16-6-4-3-5-15(16)22(26)21(17)24/h3-12,23H,1-2H3/t23-/m0/s1. The molecule has 0 saturated carbocycles. The van der Waals surface area contributed by atoms with Gasteiger partial charge in [0.05, 0.1) is 24.7 Å². The minimum absolute atomic E-state index is 0.00612. The Hall–Kier alpha value is -4.13. The summed E-state index contributed by atoms with van der Waals surface area (Å²) in [6.45, 7) is 0. The molecule has 0 saturated heterocycles. The van der Waals surface area contributed by atoms with E-state index >= 15 is 0 Å². The highest BCUT2D eigenvalue weighted by Crippen LogP contribution is 2.51. The van der Waals surface area contributed by atoms with Crippen molar-refractivity contribution < 1.29 is 23.9 Å². The summed E-state index contributed by atoms with van der Waals surface area (Å²) in [6, 6.07) is 17.1. The molecule has 0 spiro atoms. The summed E-state index contributed by atoms with van der Waals surface area (Å²) < 4.78 is 17.3. The van der Waals surface area contributed by atoms with Crippen LogP contribution in [0.15, 0.2) is 60.7 Å². The summed E-state index contributed by atoms with van der Waals surface area (Å²) in [6.07, 6.45) is -0.576. The molecule has 0 radical (unpaired) electrons. The van der Waals surface area contributed by atoms with Crippen LogP contribution in [0.5, 0.6) is 11.5 Å². The summed E-state index contributed by atoms with van der Waals surface area (Å²) >= 11 is 0. The van der Waals surface area contributed by atoms with Gasteiger partial charge in [-0.3, -0.25) is 14.9 Å². The average Bonchev–Trinajstić information content (AvgIpc) is 3.09. The summed E-state index contributed by atoms with van der Waals surface area (Å²) in [5, 5.41) is 11.1. The molecule has 7 nitrogen and oxygen atoms in total. The van der Waals surface area contributed by atoms with E-state index in [1.165, 1.54) is 26.4 Å². The fraction of sp³-hybridized carbons (Fsp3) is 0.125. The third-order valence-corrected chi connectivity index (χ3v) is 5.62. The number of hydrogen-bond donors (Lipinski definition) is 0. The van der Waals surface area contributed by atoms with Crippen LogP contribution in [0.25, 0.3) is 11.3 Å². The molecule has 0 fully saturated rings. The monoisotopic (exact) mass is 415 g/mol. The molecule has 1 aliphatic carbocycles. The van der Waals surface area contributed by atoms with Crippen LogP contribution in [-0.2, 0) is 4.74 Å². The van der Waals surface area contributed by atoms with Gasteiger partial charge in [0.25, 0.3) is 5.69 Å². The lowest BCUT2D eigenvalue weighted by molar-refractivity contribution is -0.384. The molecular weight excluding hydrogens is 398 g/mol. The number of nitro groups is 1. The van der Waals surface area contributed by atoms with E-state index in [1.807, 2.05) is 18.2 Å². The Kier molecular flexibility index (Phi) is 4.25. The second kappa shape index (κ2) is 6.98. The minimum atomic E-state index is -0.576. The number of hydrogen-bond acceptors (Lipinski definition) is 6. The molecule has 2 aliphatic rings. The van der Waals surface area contributed by atoms with E-state index in [2.05, 4.69) is 0 Å². The van der Waals surface area contributed by atoms with E-state index in [4.69, 9.17) is 14.2 Å². The number of allylic oxidation sites excluding steroid dienone is 1. The molecule has 0 bridgehead atoms. The van der Waals surface area contributed by atoms with Gasteiger partial charge in [0, 0.05) is 34.4 Å². The Morgan fingerprint density at radius 2 is 1.55 bits per heavy atom. The van der Waals surface area contributed by atoms with Gasteiger partial charge in [-0.2, -0.15) is 0 Å². The lowest BCUT2D eigenvalue weighted by Crippen LogP contribution is -2.15. The van der Waals surface area contributed by atoms with Crippen molar-refractivity contribution in [3.8, 4) is 11.5 Å². The Balaban J connectivity index is 1.74. The number of non-ortho nitro benzene ring substituents is 1. The van der Waals surface area contributed by atoms with Crippen LogP contribution in [0.4, 0.5) is 5.69 Å². The Labute approximate surface area is 177 Å². The van der Waals surface area contributed by atoms with Gasteiger partial charge in [0.2, 0.25) is 0 Å². The molecule has 7 heteroatoms. The van der Waals surface area contributed by atoms with Crippen LogP contribution in [0.2, 0.25) is 0 Å². The summed E-state index contributed by atoms with van der Waals surface area (Å²) in [7, 11) is 3.08. The van der Waals surface area contributed by atoms with Gasteiger partial charge < -0.3 is 14.2 Å². The van der Waals surface area contributed by atoms with Gasteiger partial charge in [-0.05, 0) is 29.8 Å². The highest BCUT2D eigenvalue weighted by atomic mass is 16.6. The molecule has 31 heavy (non-hydrogen) atoms. The Morgan fingerprint density at radius 1 is 0.903 bits per heavy atom. The maximum absolute atomic E-state index is 13.2. The van der Waals surface area contributed by atoms with Gasteiger partial charge in [-0.1, -0.05) is 24.3 Å². The molecular formula is C24H17NO6. The van der Waals surface area contributed by atoms with Crippen molar-refractivity contribution >= 4 is 22.8 Å². The SMILES string of the molecule is COc1cc2c(cc1OC)[C@H](c1ccc([N+](=O)[O-])cc1)OC1=C2C(=O)c2ccccc21. The summed E-state index contributed by atoms with van der Waals surface area (Å²) in [4.78, 5) is 23.8. The number of ether oxygens (including phenoxy) is 3. The highest BCUT2D eigenvalue weighted by Gasteiger charge is 2.40. The predicted molar refractivity (Wildman–Crippen MR) is 113 cm³/mol. The summed E-state index contributed by atoms with van der Waals surface area (Å²) in [5.74, 6) is 1.40. The van der Waals surface area contributed by atoms with Crippen LogP contribution in [0.1, 0.15) is 38.7 Å². The molecule has 0 N–H and O–H groups in total. The first kappa shape index (κ1) is 18.9. The number of benzene rings is 3. The zero-order valence-corrected chi connectivity index (χ0v) is 16.7. The quantitative estimate of drug-likeness (QED) is 0.449. The van der Waals surface area contributed by atoms with E-state index in [0.29, 0.717) is 34.0 Å². The molecule has 3 aromatic carbocycles. The Bertz CT molecular complexity index is 1280. The summed E-state index contributed by atoms with van der Waals surface area (Å²) in [5.41, 5.74) is 3.94. The number of Topliss-reactive ketones (excluding diaryl/α,β-unsaturated/α-hetero) is 1. The smallest absolute Gasteiger partial charge is 0.269 e. The molecule has 0 aromatic heterocycles. The van der Waals surface area contributed by atoms with Crippen molar-refractivity contribution in [2.75, 3.05) is 14.2 Å². The molecule has 0 unspecified atom stereocenters. The topological polar surface area (TPSA) is 87.9 Å². The number of ketones is 1. The first-order valence-corrected chi connectivity index (χ1v) is 9.59. The van der Waals surface area contributed by atoms with E-state index in [9.17, 15) is 14.9 Å². The fourth-order valence-corrected chi connectivity index (χ4v) is 4.15. The third-order valence-electron chi connectivity index (χ3n) is 5.62. The Morgan fingerprint density at radius 3 is 2.19 bits per heavy atom. The van der Waals surface area contributed by atoms with Crippen LogP contribution >= 0.6 is 0 Å². The van der Waals surface area contributed by atoms with Gasteiger partial charge in [0.15, 0.2) is 17.3 Å². The van der Waals surface area contributed by atoms with Crippen molar-refractivity contribution in [2.45, 2.75) is 6.10 Å². The van der Waals surface area contributed by atoms with Crippen molar-refractivity contribution in [3.05, 3.63) is 98.6 Å². The lowest BCUT2D eigenvalue weighted by atomic mass is 9.88. The fourth-order valence-electron chi connectivity index (χ4n) is 4.15. The van der Waals surface area contributed by atoms with E-state index < -0.39 is 11.0 Å². The number of rotatable bonds is 4. The number of methoxy groups -OCH3 is 2. The third kappa shape index (κ3) is 2.78. The van der Waals surface area contributed by atoms with Gasteiger partial charge in [-0.15, -0.1) is 0 Å². The van der Waals surface area contributed by atoms with Crippen molar-refractivity contribution in [1.82, 2.24) is 0 Å². The molecule has 154 valence electrons. The van der Waals surface area contributed by atoms with Crippen LogP contribution in [0, 0.1) is 10.1 Å². The molecule has 5 rings (SSSR count). The molecule has 1 heterocycles. The lowest BCUT2D eigenvalue weighted by Gasteiger charge is -2.29. The number of carbonyl (C=O) groups excluding carboxylic acids is 1.